The van der Waals surface area contributed by atoms with Crippen LogP contribution in [-0.2, 0) is 13.0 Å². The van der Waals surface area contributed by atoms with Gasteiger partial charge in [0.05, 0.1) is 18.3 Å². The van der Waals surface area contributed by atoms with Gasteiger partial charge in [0.15, 0.2) is 6.29 Å². The van der Waals surface area contributed by atoms with Gasteiger partial charge in [0, 0.05) is 5.56 Å². The summed E-state index contributed by atoms with van der Waals surface area (Å²) in [5.41, 5.74) is 1.33. The van der Waals surface area contributed by atoms with Crippen molar-refractivity contribution in [1.29, 1.82) is 0 Å². The van der Waals surface area contributed by atoms with Gasteiger partial charge in [0.1, 0.15) is 11.5 Å². The van der Waals surface area contributed by atoms with Crippen molar-refractivity contribution >= 4 is 6.29 Å². The van der Waals surface area contributed by atoms with Crippen LogP contribution in [0.2, 0.25) is 0 Å². The van der Waals surface area contributed by atoms with Gasteiger partial charge in [-0.3, -0.25) is 4.79 Å². The SMILES string of the molecule is CC1CCC2C(=CCC(O)C2(C)C)C1(C)Cc1c(O)cc(CO)c(C=O)c1O. The van der Waals surface area contributed by atoms with Gasteiger partial charge in [-0.2, -0.15) is 0 Å². The minimum atomic E-state index is -0.428. The lowest BCUT2D eigenvalue weighted by molar-refractivity contribution is -0.0192. The molecule has 0 bridgehead atoms. The Labute approximate surface area is 166 Å². The monoisotopic (exact) mass is 388 g/mol. The summed E-state index contributed by atoms with van der Waals surface area (Å²) >= 11 is 0. The lowest BCUT2D eigenvalue weighted by atomic mass is 9.51. The van der Waals surface area contributed by atoms with Crippen LogP contribution >= 0.6 is 0 Å². The molecule has 0 heterocycles. The summed E-state index contributed by atoms with van der Waals surface area (Å²) in [4.78, 5) is 11.5. The molecule has 2 aliphatic rings. The number of phenolic OH excluding ortho intramolecular Hbond substituents is 2. The molecule has 4 N–H and O–H groups in total. The third kappa shape index (κ3) is 3.05. The molecule has 3 rings (SSSR count). The Balaban J connectivity index is 2.09. The Bertz CT molecular complexity index is 810. The van der Waals surface area contributed by atoms with E-state index in [4.69, 9.17) is 0 Å². The Hall–Kier alpha value is -1.85. The summed E-state index contributed by atoms with van der Waals surface area (Å²) in [6.45, 7) is 8.14. The molecule has 1 fully saturated rings. The second-order valence-electron chi connectivity index (χ2n) is 9.43. The van der Waals surface area contributed by atoms with Crippen molar-refractivity contribution in [3.05, 3.63) is 34.4 Å². The predicted octanol–water partition coefficient (Wildman–Crippen LogP) is 3.71. The molecule has 0 spiro atoms. The summed E-state index contributed by atoms with van der Waals surface area (Å²) in [6, 6.07) is 1.37. The average molecular weight is 389 g/mol. The largest absolute Gasteiger partial charge is 0.508 e. The number of phenols is 2. The average Bonchev–Trinajstić information content (AvgIpc) is 2.64. The van der Waals surface area contributed by atoms with Crippen molar-refractivity contribution in [2.75, 3.05) is 0 Å². The number of aliphatic hydroxyl groups excluding tert-OH is 2. The lowest BCUT2D eigenvalue weighted by Gasteiger charge is -2.54. The van der Waals surface area contributed by atoms with Crippen molar-refractivity contribution in [2.24, 2.45) is 22.7 Å². The number of carbonyl (C=O) groups excluding carboxylic acids is 1. The lowest BCUT2D eigenvalue weighted by Crippen LogP contribution is -2.48. The van der Waals surface area contributed by atoms with Crippen molar-refractivity contribution in [3.63, 3.8) is 0 Å². The highest BCUT2D eigenvalue weighted by molar-refractivity contribution is 5.83. The summed E-state index contributed by atoms with van der Waals surface area (Å²) in [5, 5.41) is 41.2. The van der Waals surface area contributed by atoms with Gasteiger partial charge in [-0.05, 0) is 60.0 Å². The standard InChI is InChI=1S/C23H32O5/c1-13-5-6-17-18(7-8-20(27)22(17,2)3)23(13,4)10-15-19(26)9-14(11-24)16(12-25)21(15)28/h7,9,12-13,17,20,24,26-28H,5-6,8,10-11H2,1-4H3. The number of fused-ring (bicyclic) bond motifs is 1. The minimum Gasteiger partial charge on any atom is -0.508 e. The number of benzene rings is 1. The van der Waals surface area contributed by atoms with Gasteiger partial charge in [-0.1, -0.05) is 39.3 Å². The third-order valence-electron chi connectivity index (χ3n) is 7.67. The number of allylic oxidation sites excluding steroid dienone is 1. The van der Waals surface area contributed by atoms with Crippen LogP contribution in [0.4, 0.5) is 0 Å². The zero-order valence-electron chi connectivity index (χ0n) is 17.2. The van der Waals surface area contributed by atoms with E-state index in [2.05, 4.69) is 33.8 Å². The molecule has 0 saturated heterocycles. The molecule has 154 valence electrons. The van der Waals surface area contributed by atoms with Gasteiger partial charge in [-0.15, -0.1) is 0 Å². The fraction of sp³-hybridized carbons (Fsp3) is 0.609. The molecule has 28 heavy (non-hydrogen) atoms. The van der Waals surface area contributed by atoms with Crippen LogP contribution in [0.5, 0.6) is 11.5 Å². The van der Waals surface area contributed by atoms with E-state index in [1.54, 1.807) is 0 Å². The second-order valence-corrected chi connectivity index (χ2v) is 9.43. The van der Waals surface area contributed by atoms with E-state index in [1.807, 2.05) is 0 Å². The van der Waals surface area contributed by atoms with E-state index in [0.717, 1.165) is 12.8 Å². The first-order valence-corrected chi connectivity index (χ1v) is 10.1. The number of aldehydes is 1. The normalized spacial score (nSPS) is 31.8. The Kier molecular flexibility index (Phi) is 5.36. The maximum absolute atomic E-state index is 11.5. The molecule has 0 amide bonds. The molecule has 0 aromatic heterocycles. The first-order valence-electron chi connectivity index (χ1n) is 10.1. The van der Waals surface area contributed by atoms with E-state index in [-0.39, 0.29) is 45.5 Å². The van der Waals surface area contributed by atoms with Crippen LogP contribution in [0.15, 0.2) is 17.7 Å². The molecular formula is C23H32O5. The van der Waals surface area contributed by atoms with Gasteiger partial charge >= 0.3 is 0 Å². The number of carbonyl (C=O) groups is 1. The smallest absolute Gasteiger partial charge is 0.154 e. The van der Waals surface area contributed by atoms with Crippen LogP contribution in [-0.4, -0.2) is 32.8 Å². The number of hydrogen-bond donors (Lipinski definition) is 4. The van der Waals surface area contributed by atoms with Gasteiger partial charge in [0.25, 0.3) is 0 Å². The van der Waals surface area contributed by atoms with E-state index in [1.165, 1.54) is 11.6 Å². The van der Waals surface area contributed by atoms with Gasteiger partial charge in [-0.25, -0.2) is 0 Å². The summed E-state index contributed by atoms with van der Waals surface area (Å²) in [5.74, 6) is 0.213. The minimum absolute atomic E-state index is 0.0345. The highest BCUT2D eigenvalue weighted by Gasteiger charge is 2.51. The number of rotatable bonds is 4. The molecule has 1 aromatic carbocycles. The molecule has 5 heteroatoms. The molecule has 0 aliphatic heterocycles. The van der Waals surface area contributed by atoms with Crippen LogP contribution in [0.25, 0.3) is 0 Å². The first-order chi connectivity index (χ1) is 13.1. The quantitative estimate of drug-likeness (QED) is 0.466. The van der Waals surface area contributed by atoms with E-state index >= 15 is 0 Å². The Morgan fingerprint density at radius 3 is 2.50 bits per heavy atom. The second kappa shape index (κ2) is 7.20. The highest BCUT2D eigenvalue weighted by atomic mass is 16.3. The summed E-state index contributed by atoms with van der Waals surface area (Å²) < 4.78 is 0. The maximum atomic E-state index is 11.5. The number of aliphatic hydroxyl groups is 2. The van der Waals surface area contributed by atoms with Crippen LogP contribution in [0.3, 0.4) is 0 Å². The fourth-order valence-corrected chi connectivity index (χ4v) is 5.34. The van der Waals surface area contributed by atoms with Gasteiger partial charge in [0.2, 0.25) is 0 Å². The molecule has 1 saturated carbocycles. The predicted molar refractivity (Wildman–Crippen MR) is 107 cm³/mol. The number of hydrogen-bond acceptors (Lipinski definition) is 5. The Morgan fingerprint density at radius 2 is 1.89 bits per heavy atom. The van der Waals surface area contributed by atoms with E-state index in [0.29, 0.717) is 30.6 Å². The van der Waals surface area contributed by atoms with E-state index in [9.17, 15) is 25.2 Å². The fourth-order valence-electron chi connectivity index (χ4n) is 5.34. The first kappa shape index (κ1) is 20.9. The molecule has 4 atom stereocenters. The third-order valence-corrected chi connectivity index (χ3v) is 7.67. The number of aromatic hydroxyl groups is 2. The molecule has 5 nitrogen and oxygen atoms in total. The molecular weight excluding hydrogens is 356 g/mol. The van der Waals surface area contributed by atoms with Crippen molar-refractivity contribution in [1.82, 2.24) is 0 Å². The highest BCUT2D eigenvalue weighted by Crippen LogP contribution is 2.58. The molecule has 1 aromatic rings. The molecule has 0 radical (unpaired) electrons. The summed E-state index contributed by atoms with van der Waals surface area (Å²) in [7, 11) is 0. The van der Waals surface area contributed by atoms with Crippen LogP contribution in [0.1, 0.15) is 68.4 Å². The maximum Gasteiger partial charge on any atom is 0.154 e. The van der Waals surface area contributed by atoms with E-state index < -0.39 is 6.61 Å². The van der Waals surface area contributed by atoms with Crippen molar-refractivity contribution in [2.45, 2.75) is 66.1 Å². The van der Waals surface area contributed by atoms with Gasteiger partial charge < -0.3 is 20.4 Å². The van der Waals surface area contributed by atoms with Crippen molar-refractivity contribution in [3.8, 4) is 11.5 Å². The summed E-state index contributed by atoms with van der Waals surface area (Å²) in [6.07, 6.45) is 5.28. The zero-order chi connectivity index (χ0) is 20.9. The van der Waals surface area contributed by atoms with Crippen LogP contribution < -0.4 is 0 Å². The Morgan fingerprint density at radius 1 is 1.21 bits per heavy atom. The zero-order valence-corrected chi connectivity index (χ0v) is 17.2. The van der Waals surface area contributed by atoms with Crippen molar-refractivity contribution < 1.29 is 25.2 Å². The molecule has 2 aliphatic carbocycles. The molecule has 4 unspecified atom stereocenters. The topological polar surface area (TPSA) is 98.0 Å². The van der Waals surface area contributed by atoms with Crippen LogP contribution in [0, 0.1) is 22.7 Å².